The molecule has 6 heteroatoms. The first-order chi connectivity index (χ1) is 8.47. The SMILES string of the molecule is CC(C)C(NC(=O)C1CCCN1CC#N)C(N)=O. The molecule has 1 rings (SSSR count). The normalized spacial score (nSPS) is 21.6. The van der Waals surface area contributed by atoms with Gasteiger partial charge in [0.1, 0.15) is 6.04 Å². The average molecular weight is 252 g/mol. The number of amides is 2. The van der Waals surface area contributed by atoms with Gasteiger partial charge >= 0.3 is 0 Å². The van der Waals surface area contributed by atoms with Gasteiger partial charge < -0.3 is 11.1 Å². The Bertz CT molecular complexity index is 362. The maximum Gasteiger partial charge on any atom is 0.240 e. The summed E-state index contributed by atoms with van der Waals surface area (Å²) < 4.78 is 0. The van der Waals surface area contributed by atoms with E-state index in [0.29, 0.717) is 0 Å². The molecule has 0 aromatic carbocycles. The predicted molar refractivity (Wildman–Crippen MR) is 66.2 cm³/mol. The molecule has 2 atom stereocenters. The number of primary amides is 1. The Labute approximate surface area is 107 Å². The largest absolute Gasteiger partial charge is 0.368 e. The van der Waals surface area contributed by atoms with Crippen LogP contribution < -0.4 is 11.1 Å². The van der Waals surface area contributed by atoms with Crippen molar-refractivity contribution in [3.63, 3.8) is 0 Å². The number of hydrogen-bond donors (Lipinski definition) is 2. The number of nitrogens with one attached hydrogen (secondary N) is 1. The first kappa shape index (κ1) is 14.5. The van der Waals surface area contributed by atoms with Gasteiger partial charge in [0.2, 0.25) is 11.8 Å². The van der Waals surface area contributed by atoms with E-state index in [-0.39, 0.29) is 24.4 Å². The number of nitrogens with two attached hydrogens (primary N) is 1. The Morgan fingerprint density at radius 2 is 2.22 bits per heavy atom. The summed E-state index contributed by atoms with van der Waals surface area (Å²) in [6, 6.07) is 1.08. The average Bonchev–Trinajstić information content (AvgIpc) is 2.73. The topological polar surface area (TPSA) is 99.2 Å². The molecule has 6 nitrogen and oxygen atoms in total. The van der Waals surface area contributed by atoms with Gasteiger partial charge in [-0.05, 0) is 18.8 Å². The van der Waals surface area contributed by atoms with E-state index in [4.69, 9.17) is 11.0 Å². The van der Waals surface area contributed by atoms with Crippen LogP contribution in [0, 0.1) is 17.2 Å². The van der Waals surface area contributed by atoms with Crippen molar-refractivity contribution in [3.8, 4) is 6.07 Å². The lowest BCUT2D eigenvalue weighted by Crippen LogP contribution is -2.53. The molecule has 0 aromatic heterocycles. The van der Waals surface area contributed by atoms with E-state index in [2.05, 4.69) is 5.32 Å². The summed E-state index contributed by atoms with van der Waals surface area (Å²) in [5, 5.41) is 11.4. The maximum absolute atomic E-state index is 12.1. The van der Waals surface area contributed by atoms with Crippen LogP contribution in [0.15, 0.2) is 0 Å². The van der Waals surface area contributed by atoms with Gasteiger partial charge in [-0.2, -0.15) is 5.26 Å². The van der Waals surface area contributed by atoms with E-state index in [0.717, 1.165) is 19.4 Å². The second-order valence-electron chi connectivity index (χ2n) is 4.92. The number of likely N-dealkylation sites (tertiary alicyclic amines) is 1. The number of nitriles is 1. The van der Waals surface area contributed by atoms with E-state index in [9.17, 15) is 9.59 Å². The maximum atomic E-state index is 12.1. The highest BCUT2D eigenvalue weighted by molar-refractivity contribution is 5.89. The van der Waals surface area contributed by atoms with Crippen LogP contribution in [0.4, 0.5) is 0 Å². The molecule has 2 amide bonds. The minimum atomic E-state index is -0.651. The zero-order chi connectivity index (χ0) is 13.7. The quantitative estimate of drug-likeness (QED) is 0.650. The van der Waals surface area contributed by atoms with Crippen molar-refractivity contribution >= 4 is 11.8 Å². The lowest BCUT2D eigenvalue weighted by atomic mass is 10.0. The van der Waals surface area contributed by atoms with Gasteiger partial charge in [0, 0.05) is 6.54 Å². The van der Waals surface area contributed by atoms with E-state index in [1.807, 2.05) is 24.8 Å². The highest BCUT2D eigenvalue weighted by atomic mass is 16.2. The molecule has 1 fully saturated rings. The predicted octanol–water partition coefficient (Wildman–Crippen LogP) is -0.400. The summed E-state index contributed by atoms with van der Waals surface area (Å²) in [6.07, 6.45) is 1.61. The van der Waals surface area contributed by atoms with Crippen molar-refractivity contribution in [2.24, 2.45) is 11.7 Å². The summed E-state index contributed by atoms with van der Waals surface area (Å²) in [4.78, 5) is 25.1. The molecule has 1 saturated heterocycles. The van der Waals surface area contributed by atoms with Crippen molar-refractivity contribution in [1.29, 1.82) is 5.26 Å². The summed E-state index contributed by atoms with van der Waals surface area (Å²) in [5.74, 6) is -0.777. The van der Waals surface area contributed by atoms with Gasteiger partial charge in [0.05, 0.1) is 18.7 Å². The Morgan fingerprint density at radius 1 is 1.56 bits per heavy atom. The Balaban J connectivity index is 2.64. The van der Waals surface area contributed by atoms with E-state index in [1.165, 1.54) is 0 Å². The molecule has 0 spiro atoms. The second-order valence-corrected chi connectivity index (χ2v) is 4.92. The minimum absolute atomic E-state index is 0.0442. The Hall–Kier alpha value is -1.61. The lowest BCUT2D eigenvalue weighted by molar-refractivity contribution is -0.131. The fourth-order valence-corrected chi connectivity index (χ4v) is 2.22. The van der Waals surface area contributed by atoms with Gasteiger partial charge in [0.15, 0.2) is 0 Å². The van der Waals surface area contributed by atoms with E-state index in [1.54, 1.807) is 0 Å². The number of nitrogens with zero attached hydrogens (tertiary/aromatic N) is 2. The van der Waals surface area contributed by atoms with Crippen LogP contribution in [0.1, 0.15) is 26.7 Å². The number of hydrogen-bond acceptors (Lipinski definition) is 4. The molecule has 0 bridgehead atoms. The first-order valence-corrected chi connectivity index (χ1v) is 6.18. The number of carbonyl (C=O) groups excluding carboxylic acids is 2. The van der Waals surface area contributed by atoms with Crippen LogP contribution >= 0.6 is 0 Å². The van der Waals surface area contributed by atoms with Gasteiger partial charge in [-0.15, -0.1) is 0 Å². The highest BCUT2D eigenvalue weighted by Gasteiger charge is 2.33. The standard InChI is InChI=1S/C12H20N4O2/c1-8(2)10(11(14)17)15-12(18)9-4-3-6-16(9)7-5-13/h8-10H,3-4,6-7H2,1-2H3,(H2,14,17)(H,15,18). The number of carbonyl (C=O) groups is 2. The molecule has 1 heterocycles. The van der Waals surface area contributed by atoms with Gasteiger partial charge in [-0.3, -0.25) is 14.5 Å². The summed E-state index contributed by atoms with van der Waals surface area (Å²) in [7, 11) is 0. The Kier molecular flexibility index (Phi) is 5.10. The Morgan fingerprint density at radius 3 is 2.72 bits per heavy atom. The molecule has 0 saturated carbocycles. The minimum Gasteiger partial charge on any atom is -0.368 e. The molecule has 0 radical (unpaired) electrons. The van der Waals surface area contributed by atoms with Gasteiger partial charge in [-0.1, -0.05) is 13.8 Å². The second kappa shape index (κ2) is 6.36. The molecule has 3 N–H and O–H groups in total. The molecule has 0 aliphatic carbocycles. The molecule has 2 unspecified atom stereocenters. The van der Waals surface area contributed by atoms with E-state index >= 15 is 0 Å². The third-order valence-corrected chi connectivity index (χ3v) is 3.21. The summed E-state index contributed by atoms with van der Waals surface area (Å²) in [6.45, 7) is 4.64. The van der Waals surface area contributed by atoms with Crippen LogP contribution in [0.25, 0.3) is 0 Å². The lowest BCUT2D eigenvalue weighted by Gasteiger charge is -2.25. The summed E-state index contributed by atoms with van der Waals surface area (Å²) >= 11 is 0. The molecule has 0 aromatic rings. The monoisotopic (exact) mass is 252 g/mol. The third kappa shape index (κ3) is 3.44. The van der Waals surface area contributed by atoms with Crippen LogP contribution in [0.5, 0.6) is 0 Å². The molecular weight excluding hydrogens is 232 g/mol. The fraction of sp³-hybridized carbons (Fsp3) is 0.750. The first-order valence-electron chi connectivity index (χ1n) is 6.18. The van der Waals surface area contributed by atoms with Crippen molar-refractivity contribution in [1.82, 2.24) is 10.2 Å². The summed E-state index contributed by atoms with van der Waals surface area (Å²) in [5.41, 5.74) is 5.26. The number of rotatable bonds is 5. The molecule has 100 valence electrons. The van der Waals surface area contributed by atoms with Crippen molar-refractivity contribution in [3.05, 3.63) is 0 Å². The molecule has 1 aliphatic rings. The zero-order valence-corrected chi connectivity index (χ0v) is 10.8. The van der Waals surface area contributed by atoms with Crippen LogP contribution in [-0.4, -0.2) is 41.9 Å². The smallest absolute Gasteiger partial charge is 0.240 e. The van der Waals surface area contributed by atoms with Crippen LogP contribution in [0.3, 0.4) is 0 Å². The highest BCUT2D eigenvalue weighted by Crippen LogP contribution is 2.17. The van der Waals surface area contributed by atoms with Gasteiger partial charge in [-0.25, -0.2) is 0 Å². The van der Waals surface area contributed by atoms with Crippen molar-refractivity contribution in [2.75, 3.05) is 13.1 Å². The molecule has 1 aliphatic heterocycles. The van der Waals surface area contributed by atoms with Crippen molar-refractivity contribution in [2.45, 2.75) is 38.8 Å². The van der Waals surface area contributed by atoms with Crippen molar-refractivity contribution < 1.29 is 9.59 Å². The van der Waals surface area contributed by atoms with Gasteiger partial charge in [0.25, 0.3) is 0 Å². The fourth-order valence-electron chi connectivity index (χ4n) is 2.22. The van der Waals surface area contributed by atoms with Crippen LogP contribution in [-0.2, 0) is 9.59 Å². The van der Waals surface area contributed by atoms with Crippen LogP contribution in [0.2, 0.25) is 0 Å². The molecular formula is C12H20N4O2. The zero-order valence-electron chi connectivity index (χ0n) is 10.8. The molecule has 18 heavy (non-hydrogen) atoms. The third-order valence-electron chi connectivity index (χ3n) is 3.21. The van der Waals surface area contributed by atoms with E-state index < -0.39 is 11.9 Å².